The van der Waals surface area contributed by atoms with Gasteiger partial charge in [-0.2, -0.15) is 6.54 Å². The van der Waals surface area contributed by atoms with Crippen molar-refractivity contribution in [1.82, 2.24) is 0 Å². The van der Waals surface area contributed by atoms with E-state index in [2.05, 4.69) is 20.8 Å². The third kappa shape index (κ3) is 18.2. The van der Waals surface area contributed by atoms with Crippen LogP contribution in [-0.2, 0) is 0 Å². The zero-order valence-corrected chi connectivity index (χ0v) is 14.5. The summed E-state index contributed by atoms with van der Waals surface area (Å²) in [5.74, 6) is 0. The molecule has 86 valence electrons. The van der Waals surface area contributed by atoms with E-state index in [4.69, 9.17) is 5.73 Å². The van der Waals surface area contributed by atoms with Crippen LogP contribution in [0.25, 0.3) is 5.73 Å². The van der Waals surface area contributed by atoms with Crippen molar-refractivity contribution in [2.75, 3.05) is 6.54 Å². The van der Waals surface area contributed by atoms with Crippen molar-refractivity contribution >= 4 is 0 Å². The minimum Gasteiger partial charge on any atom is -0.677 e. The maximum atomic E-state index is 7.02. The first-order valence-electron chi connectivity index (χ1n) is 6.21. The molecule has 0 spiro atoms. The molecule has 2 heteroatoms. The molecule has 0 amide bonds. The average molecular weight is 237 g/mol. The molecule has 0 heterocycles. The van der Waals surface area contributed by atoms with Gasteiger partial charge in [-0.05, 0) is 11.8 Å². The Kier molecular flexibility index (Phi) is 15.2. The molecule has 15 heavy (non-hydrogen) atoms. The summed E-state index contributed by atoms with van der Waals surface area (Å²) in [6.45, 7) is 7.58. The summed E-state index contributed by atoms with van der Waals surface area (Å²) in [4.78, 5) is 0. The van der Waals surface area contributed by atoms with Crippen LogP contribution in [0.3, 0.4) is 0 Å². The number of rotatable bonds is 8. The summed E-state index contributed by atoms with van der Waals surface area (Å²) in [5, 5.41) is 0. The number of unbranched alkanes of at least 4 members (excludes halogenated alkanes) is 6. The minimum absolute atomic E-state index is 0. The maximum Gasteiger partial charge on any atom is 1.00 e. The largest absolute Gasteiger partial charge is 1.00 e. The van der Waals surface area contributed by atoms with Gasteiger partial charge in [0.05, 0.1) is 0 Å². The standard InChI is InChI=1S/C13H28N.K/c1-13(2,3)11-9-7-5-4-6-8-10-12-14;/h14H,4-12H2,1-3H3;/q-1;+1. The Labute approximate surface area is 139 Å². The molecule has 0 bridgehead atoms. The summed E-state index contributed by atoms with van der Waals surface area (Å²) < 4.78 is 0. The number of hydrogen-bond donors (Lipinski definition) is 0. The zero-order valence-electron chi connectivity index (χ0n) is 11.4. The van der Waals surface area contributed by atoms with E-state index in [1.54, 1.807) is 0 Å². The molecule has 0 saturated heterocycles. The van der Waals surface area contributed by atoms with Crippen molar-refractivity contribution < 1.29 is 51.4 Å². The van der Waals surface area contributed by atoms with E-state index < -0.39 is 0 Å². The van der Waals surface area contributed by atoms with Crippen LogP contribution in [0.5, 0.6) is 0 Å². The van der Waals surface area contributed by atoms with Gasteiger partial charge in [-0.15, -0.1) is 0 Å². The predicted octanol–water partition coefficient (Wildman–Crippen LogP) is 2.21. The molecular weight excluding hydrogens is 209 g/mol. The van der Waals surface area contributed by atoms with Crippen molar-refractivity contribution in [1.29, 1.82) is 0 Å². The Hall–Kier alpha value is 1.60. The molecule has 0 fully saturated rings. The van der Waals surface area contributed by atoms with Gasteiger partial charge in [0.1, 0.15) is 0 Å². The van der Waals surface area contributed by atoms with Crippen LogP contribution < -0.4 is 51.4 Å². The van der Waals surface area contributed by atoms with E-state index in [9.17, 15) is 0 Å². The maximum absolute atomic E-state index is 7.02. The fourth-order valence-corrected chi connectivity index (χ4v) is 1.66. The average Bonchev–Trinajstić information content (AvgIpc) is 2.08. The van der Waals surface area contributed by atoms with Crippen LogP contribution >= 0.6 is 0 Å². The monoisotopic (exact) mass is 237 g/mol. The van der Waals surface area contributed by atoms with E-state index >= 15 is 0 Å². The fourth-order valence-electron chi connectivity index (χ4n) is 1.66. The second-order valence-electron chi connectivity index (χ2n) is 5.54. The van der Waals surface area contributed by atoms with Crippen molar-refractivity contribution in [3.63, 3.8) is 0 Å². The first-order chi connectivity index (χ1) is 6.56. The Morgan fingerprint density at radius 1 is 0.733 bits per heavy atom. The molecule has 0 unspecified atom stereocenters. The van der Waals surface area contributed by atoms with E-state index in [1.165, 1.54) is 44.9 Å². The second-order valence-corrected chi connectivity index (χ2v) is 5.54. The topological polar surface area (TPSA) is 23.8 Å². The first kappa shape index (κ1) is 18.9. The Bertz CT molecular complexity index is 118. The molecule has 0 rings (SSSR count). The summed E-state index contributed by atoms with van der Waals surface area (Å²) in [7, 11) is 0. The summed E-state index contributed by atoms with van der Waals surface area (Å²) in [6.07, 6.45) is 10.6. The van der Waals surface area contributed by atoms with Gasteiger partial charge in [0, 0.05) is 0 Å². The molecule has 0 aliphatic carbocycles. The summed E-state index contributed by atoms with van der Waals surface area (Å²) in [5.41, 5.74) is 7.54. The molecular formula is C13H28KN. The normalized spacial score (nSPS) is 11.2. The van der Waals surface area contributed by atoms with Crippen LogP contribution in [0.1, 0.15) is 72.1 Å². The van der Waals surface area contributed by atoms with Gasteiger partial charge in [-0.1, -0.05) is 65.7 Å². The smallest absolute Gasteiger partial charge is 0.677 e. The first-order valence-corrected chi connectivity index (χ1v) is 6.21. The van der Waals surface area contributed by atoms with Crippen LogP contribution in [-0.4, -0.2) is 6.54 Å². The Balaban J connectivity index is 0. The SMILES string of the molecule is CC(C)(C)CCCCCCCCC[NH-].[K+]. The summed E-state index contributed by atoms with van der Waals surface area (Å²) in [6, 6.07) is 0. The van der Waals surface area contributed by atoms with E-state index in [0.717, 1.165) is 6.42 Å². The summed E-state index contributed by atoms with van der Waals surface area (Å²) >= 11 is 0. The molecule has 0 aromatic rings. The van der Waals surface area contributed by atoms with Crippen LogP contribution in [0, 0.1) is 5.41 Å². The van der Waals surface area contributed by atoms with E-state index in [0.29, 0.717) is 12.0 Å². The molecule has 0 atom stereocenters. The van der Waals surface area contributed by atoms with Crippen molar-refractivity contribution in [3.05, 3.63) is 5.73 Å². The van der Waals surface area contributed by atoms with Gasteiger partial charge >= 0.3 is 51.4 Å². The van der Waals surface area contributed by atoms with Crippen LogP contribution in [0.15, 0.2) is 0 Å². The molecule has 0 aliphatic rings. The number of nitrogens with one attached hydrogen (secondary N) is 1. The van der Waals surface area contributed by atoms with Gasteiger partial charge in [-0.25, -0.2) is 0 Å². The van der Waals surface area contributed by atoms with E-state index in [1.807, 2.05) is 0 Å². The second kappa shape index (κ2) is 12.1. The number of hydrogen-bond acceptors (Lipinski definition) is 0. The van der Waals surface area contributed by atoms with Crippen molar-refractivity contribution in [2.24, 2.45) is 5.41 Å². The fraction of sp³-hybridized carbons (Fsp3) is 1.00. The molecule has 0 aromatic carbocycles. The third-order valence-corrected chi connectivity index (χ3v) is 2.60. The van der Waals surface area contributed by atoms with Gasteiger partial charge in [-0.3, -0.25) is 0 Å². The van der Waals surface area contributed by atoms with Gasteiger partial charge in [0.25, 0.3) is 0 Å². The van der Waals surface area contributed by atoms with Crippen LogP contribution in [0.4, 0.5) is 0 Å². The molecule has 0 radical (unpaired) electrons. The molecule has 0 aliphatic heterocycles. The van der Waals surface area contributed by atoms with Gasteiger partial charge in [0.2, 0.25) is 0 Å². The molecule has 1 N–H and O–H groups in total. The van der Waals surface area contributed by atoms with Gasteiger partial charge < -0.3 is 5.73 Å². The van der Waals surface area contributed by atoms with Crippen LogP contribution in [0.2, 0.25) is 0 Å². The van der Waals surface area contributed by atoms with Gasteiger partial charge in [0.15, 0.2) is 0 Å². The Morgan fingerprint density at radius 2 is 1.13 bits per heavy atom. The predicted molar refractivity (Wildman–Crippen MR) is 65.6 cm³/mol. The van der Waals surface area contributed by atoms with Crippen molar-refractivity contribution in [3.8, 4) is 0 Å². The molecule has 1 nitrogen and oxygen atoms in total. The zero-order chi connectivity index (χ0) is 10.9. The molecule has 0 aromatic heterocycles. The van der Waals surface area contributed by atoms with E-state index in [-0.39, 0.29) is 51.4 Å². The Morgan fingerprint density at radius 3 is 1.53 bits per heavy atom. The quantitative estimate of drug-likeness (QED) is 0.457. The third-order valence-electron chi connectivity index (χ3n) is 2.60. The minimum atomic E-state index is 0. The van der Waals surface area contributed by atoms with Crippen molar-refractivity contribution in [2.45, 2.75) is 72.1 Å². The molecule has 0 saturated carbocycles.